The van der Waals surface area contributed by atoms with Crippen molar-refractivity contribution in [1.29, 1.82) is 0 Å². The summed E-state index contributed by atoms with van der Waals surface area (Å²) >= 11 is 0. The number of hydrogen-bond acceptors (Lipinski definition) is 5. The molecule has 0 bridgehead atoms. The van der Waals surface area contributed by atoms with Gasteiger partial charge in [0.1, 0.15) is 5.82 Å². The number of rotatable bonds is 5. The minimum absolute atomic E-state index is 0.120. The second-order valence-corrected chi connectivity index (χ2v) is 6.80. The minimum Gasteiger partial charge on any atom is -0.372 e. The maximum atomic E-state index is 12.9. The fraction of sp³-hybridized carbons (Fsp3) is 0.500. The molecule has 6 nitrogen and oxygen atoms in total. The summed E-state index contributed by atoms with van der Waals surface area (Å²) in [5.41, 5.74) is 0.410. The highest BCUT2D eigenvalue weighted by Crippen LogP contribution is 2.19. The van der Waals surface area contributed by atoms with Crippen molar-refractivity contribution in [3.63, 3.8) is 0 Å². The van der Waals surface area contributed by atoms with Gasteiger partial charge in [0.25, 0.3) is 0 Å². The fourth-order valence-electron chi connectivity index (χ4n) is 2.85. The largest absolute Gasteiger partial charge is 0.372 e. The van der Waals surface area contributed by atoms with E-state index in [1.807, 2.05) is 18.7 Å². The first-order valence-corrected chi connectivity index (χ1v) is 8.43. The molecule has 0 radical (unpaired) electrons. The van der Waals surface area contributed by atoms with Gasteiger partial charge in [-0.15, -0.1) is 0 Å². The first kappa shape index (κ1) is 17.5. The van der Waals surface area contributed by atoms with Crippen LogP contribution in [-0.2, 0) is 16.0 Å². The number of aromatic nitrogens is 2. The van der Waals surface area contributed by atoms with Gasteiger partial charge in [-0.25, -0.2) is 4.39 Å². The molecule has 0 saturated carbocycles. The summed E-state index contributed by atoms with van der Waals surface area (Å²) in [5.74, 6) is 0.720. The number of carbonyl (C=O) groups is 1. The Morgan fingerprint density at radius 1 is 1.32 bits per heavy atom. The van der Waals surface area contributed by atoms with Crippen LogP contribution in [0.25, 0.3) is 11.4 Å². The molecule has 1 saturated heterocycles. The summed E-state index contributed by atoms with van der Waals surface area (Å²) in [6, 6.07) is 5.92. The Morgan fingerprint density at radius 2 is 2.08 bits per heavy atom. The number of hydrogen-bond donors (Lipinski definition) is 0. The number of carbonyl (C=O) groups excluding carboxylic acids is 1. The van der Waals surface area contributed by atoms with E-state index >= 15 is 0 Å². The van der Waals surface area contributed by atoms with Gasteiger partial charge in [0.2, 0.25) is 17.6 Å². The molecular formula is C18H22FN3O3. The second-order valence-electron chi connectivity index (χ2n) is 6.80. The highest BCUT2D eigenvalue weighted by atomic mass is 19.1. The Kier molecular flexibility index (Phi) is 5.13. The van der Waals surface area contributed by atoms with Crippen LogP contribution >= 0.6 is 0 Å². The third-order valence-electron chi connectivity index (χ3n) is 4.13. The summed E-state index contributed by atoms with van der Waals surface area (Å²) in [6.07, 6.45) is 1.61. The number of benzene rings is 1. The highest BCUT2D eigenvalue weighted by molar-refractivity contribution is 5.76. The molecule has 0 atom stereocenters. The van der Waals surface area contributed by atoms with Crippen molar-refractivity contribution in [1.82, 2.24) is 15.0 Å². The zero-order valence-corrected chi connectivity index (χ0v) is 14.5. The lowest BCUT2D eigenvalue weighted by atomic mass is 10.1. The van der Waals surface area contributed by atoms with Crippen molar-refractivity contribution in [3.05, 3.63) is 36.0 Å². The Bertz CT molecular complexity index is 727. The van der Waals surface area contributed by atoms with Crippen molar-refractivity contribution < 1.29 is 18.4 Å². The third-order valence-corrected chi connectivity index (χ3v) is 4.13. The zero-order valence-electron chi connectivity index (χ0n) is 14.5. The van der Waals surface area contributed by atoms with Gasteiger partial charge in [0.15, 0.2) is 0 Å². The SMILES string of the molecule is CC1(C)CN(C(=O)CCCc2nc(-c3ccc(F)cc3)no2)CCO1. The van der Waals surface area contributed by atoms with Gasteiger partial charge in [0.05, 0.1) is 12.2 Å². The third kappa shape index (κ3) is 4.63. The van der Waals surface area contributed by atoms with Crippen LogP contribution in [0.2, 0.25) is 0 Å². The molecule has 1 aliphatic heterocycles. The Balaban J connectivity index is 1.49. The standard InChI is InChI=1S/C18H22FN3O3/c1-18(2)12-22(10-11-24-18)16(23)5-3-4-15-20-17(21-25-15)13-6-8-14(19)9-7-13/h6-9H,3-5,10-12H2,1-2H3. The highest BCUT2D eigenvalue weighted by Gasteiger charge is 2.29. The number of morpholine rings is 1. The number of aryl methyl sites for hydroxylation is 1. The molecule has 25 heavy (non-hydrogen) atoms. The number of nitrogens with zero attached hydrogens (tertiary/aromatic N) is 3. The van der Waals surface area contributed by atoms with E-state index in [1.165, 1.54) is 12.1 Å². The molecule has 0 N–H and O–H groups in total. The predicted molar refractivity (Wildman–Crippen MR) is 89.2 cm³/mol. The topological polar surface area (TPSA) is 68.5 Å². The smallest absolute Gasteiger partial charge is 0.226 e. The van der Waals surface area contributed by atoms with Crippen LogP contribution in [0.1, 0.15) is 32.6 Å². The molecule has 7 heteroatoms. The maximum Gasteiger partial charge on any atom is 0.226 e. The van der Waals surface area contributed by atoms with E-state index in [4.69, 9.17) is 9.26 Å². The number of ether oxygens (including phenoxy) is 1. The second kappa shape index (κ2) is 7.31. The van der Waals surface area contributed by atoms with Gasteiger partial charge in [-0.3, -0.25) is 4.79 Å². The molecule has 134 valence electrons. The molecule has 2 heterocycles. The van der Waals surface area contributed by atoms with Crippen LogP contribution in [0, 0.1) is 5.82 Å². The Hall–Kier alpha value is -2.28. The minimum atomic E-state index is -0.308. The molecule has 1 fully saturated rings. The predicted octanol–water partition coefficient (Wildman–Crippen LogP) is 2.84. The summed E-state index contributed by atoms with van der Waals surface area (Å²) < 4.78 is 23.8. The molecule has 0 unspecified atom stereocenters. The van der Waals surface area contributed by atoms with E-state index in [9.17, 15) is 9.18 Å². The van der Waals surface area contributed by atoms with Gasteiger partial charge >= 0.3 is 0 Å². The van der Waals surface area contributed by atoms with Crippen molar-refractivity contribution in [3.8, 4) is 11.4 Å². The van der Waals surface area contributed by atoms with Crippen molar-refractivity contribution in [2.24, 2.45) is 0 Å². The lowest BCUT2D eigenvalue weighted by Gasteiger charge is -2.38. The molecule has 3 rings (SSSR count). The molecular weight excluding hydrogens is 325 g/mol. The monoisotopic (exact) mass is 347 g/mol. The van der Waals surface area contributed by atoms with Crippen molar-refractivity contribution in [2.45, 2.75) is 38.7 Å². The van der Waals surface area contributed by atoms with E-state index < -0.39 is 0 Å². The van der Waals surface area contributed by atoms with Gasteiger partial charge in [0, 0.05) is 31.5 Å². The first-order valence-electron chi connectivity index (χ1n) is 8.43. The van der Waals surface area contributed by atoms with Crippen LogP contribution < -0.4 is 0 Å². The summed E-state index contributed by atoms with van der Waals surface area (Å²) in [7, 11) is 0. The van der Waals surface area contributed by atoms with Gasteiger partial charge in [-0.2, -0.15) is 4.98 Å². The van der Waals surface area contributed by atoms with Gasteiger partial charge < -0.3 is 14.2 Å². The van der Waals surface area contributed by atoms with Crippen LogP contribution in [-0.4, -0.2) is 46.2 Å². The van der Waals surface area contributed by atoms with Crippen LogP contribution in [0.3, 0.4) is 0 Å². The average molecular weight is 347 g/mol. The van der Waals surface area contributed by atoms with Crippen LogP contribution in [0.15, 0.2) is 28.8 Å². The van der Waals surface area contributed by atoms with Gasteiger partial charge in [-0.1, -0.05) is 5.16 Å². The molecule has 1 amide bonds. The summed E-state index contributed by atoms with van der Waals surface area (Å²) in [6.45, 7) is 5.80. The van der Waals surface area contributed by atoms with E-state index in [0.717, 1.165) is 0 Å². The molecule has 2 aromatic rings. The lowest BCUT2D eigenvalue weighted by molar-refractivity contribution is -0.146. The van der Waals surface area contributed by atoms with Crippen molar-refractivity contribution >= 4 is 5.91 Å². The molecule has 1 aromatic heterocycles. The first-order chi connectivity index (χ1) is 11.9. The van der Waals surface area contributed by atoms with Crippen LogP contribution in [0.4, 0.5) is 4.39 Å². The molecule has 0 aliphatic carbocycles. The normalized spacial score (nSPS) is 16.8. The Morgan fingerprint density at radius 3 is 2.80 bits per heavy atom. The van der Waals surface area contributed by atoms with Crippen molar-refractivity contribution in [2.75, 3.05) is 19.7 Å². The van der Waals surface area contributed by atoms with E-state index in [-0.39, 0.29) is 17.3 Å². The van der Waals surface area contributed by atoms with Gasteiger partial charge in [-0.05, 0) is 44.5 Å². The fourth-order valence-corrected chi connectivity index (χ4v) is 2.85. The number of amides is 1. The van der Waals surface area contributed by atoms with E-state index in [2.05, 4.69) is 10.1 Å². The zero-order chi connectivity index (χ0) is 17.9. The maximum absolute atomic E-state index is 12.9. The van der Waals surface area contributed by atoms with Crippen LogP contribution in [0.5, 0.6) is 0 Å². The molecule has 1 aliphatic rings. The van der Waals surface area contributed by atoms with E-state index in [1.54, 1.807) is 12.1 Å². The average Bonchev–Trinajstić information content (AvgIpc) is 3.03. The summed E-state index contributed by atoms with van der Waals surface area (Å²) in [5, 5.41) is 3.90. The van der Waals surface area contributed by atoms with E-state index in [0.29, 0.717) is 56.2 Å². The Labute approximate surface area is 146 Å². The summed E-state index contributed by atoms with van der Waals surface area (Å²) in [4.78, 5) is 18.4. The number of halogens is 1. The molecule has 0 spiro atoms. The quantitative estimate of drug-likeness (QED) is 0.832. The molecule has 1 aromatic carbocycles. The lowest BCUT2D eigenvalue weighted by Crippen LogP contribution is -2.50.